The fourth-order valence-corrected chi connectivity index (χ4v) is 3.60. The minimum atomic E-state index is -0.272. The third-order valence-electron chi connectivity index (χ3n) is 3.66. The molecule has 1 atom stereocenters. The Morgan fingerprint density at radius 1 is 1.41 bits per heavy atom. The Morgan fingerprint density at radius 2 is 2.18 bits per heavy atom. The highest BCUT2D eigenvalue weighted by molar-refractivity contribution is 7.11. The molecule has 1 aliphatic rings. The maximum atomic E-state index is 12.3. The van der Waals surface area contributed by atoms with Crippen LogP contribution in [0.3, 0.4) is 0 Å². The van der Waals surface area contributed by atoms with E-state index in [1.54, 1.807) is 0 Å². The molecule has 0 aliphatic carbocycles. The summed E-state index contributed by atoms with van der Waals surface area (Å²) in [5, 5.41) is 6.76. The number of hydrogen-bond donors (Lipinski definition) is 2. The molecule has 2 aromatic rings. The van der Waals surface area contributed by atoms with Crippen LogP contribution in [-0.2, 0) is 16.0 Å². The van der Waals surface area contributed by atoms with Gasteiger partial charge < -0.3 is 10.6 Å². The van der Waals surface area contributed by atoms with Gasteiger partial charge in [-0.1, -0.05) is 18.2 Å². The number of aromatic nitrogens is 1. The van der Waals surface area contributed by atoms with Crippen molar-refractivity contribution in [2.24, 2.45) is 0 Å². The molecule has 0 bridgehead atoms. The first-order valence-electron chi connectivity index (χ1n) is 7.14. The third-order valence-corrected chi connectivity index (χ3v) is 4.73. The summed E-state index contributed by atoms with van der Waals surface area (Å²) < 4.78 is 0. The van der Waals surface area contributed by atoms with Crippen LogP contribution in [0.5, 0.6) is 0 Å². The van der Waals surface area contributed by atoms with Crippen molar-refractivity contribution < 1.29 is 9.59 Å². The van der Waals surface area contributed by atoms with Gasteiger partial charge in [-0.15, -0.1) is 11.3 Å². The number of thiazole rings is 1. The van der Waals surface area contributed by atoms with Crippen LogP contribution in [0.25, 0.3) is 0 Å². The van der Waals surface area contributed by atoms with E-state index in [1.807, 2.05) is 38.1 Å². The van der Waals surface area contributed by atoms with Gasteiger partial charge in [-0.3, -0.25) is 9.59 Å². The molecule has 0 saturated heterocycles. The molecule has 2 heterocycles. The van der Waals surface area contributed by atoms with Crippen LogP contribution in [0.1, 0.15) is 33.6 Å². The second kappa shape index (κ2) is 5.88. The Labute approximate surface area is 132 Å². The van der Waals surface area contributed by atoms with Crippen LogP contribution < -0.4 is 10.6 Å². The molecule has 1 aliphatic heterocycles. The van der Waals surface area contributed by atoms with Crippen molar-refractivity contribution >= 4 is 28.8 Å². The van der Waals surface area contributed by atoms with E-state index >= 15 is 0 Å². The van der Waals surface area contributed by atoms with Crippen molar-refractivity contribution in [3.05, 3.63) is 45.4 Å². The van der Waals surface area contributed by atoms with Gasteiger partial charge in [0, 0.05) is 10.6 Å². The standard InChI is InChI=1S/C16H17N3O2S/c1-9-14(22-10(2)17-9)8-16(21)19-13-7-15(20)18-12-6-4-3-5-11(12)13/h3-6,13H,7-8H2,1-2H3,(H,18,20)(H,19,21). The van der Waals surface area contributed by atoms with Crippen molar-refractivity contribution in [3.8, 4) is 0 Å². The molecular formula is C16H17N3O2S. The summed E-state index contributed by atoms with van der Waals surface area (Å²) in [5.41, 5.74) is 2.63. The van der Waals surface area contributed by atoms with Crippen LogP contribution in [0.15, 0.2) is 24.3 Å². The number of para-hydroxylation sites is 1. The summed E-state index contributed by atoms with van der Waals surface area (Å²) in [4.78, 5) is 29.4. The van der Waals surface area contributed by atoms with Crippen molar-refractivity contribution in [2.75, 3.05) is 5.32 Å². The fourth-order valence-electron chi connectivity index (χ4n) is 2.67. The number of nitrogens with zero attached hydrogens (tertiary/aromatic N) is 1. The lowest BCUT2D eigenvalue weighted by atomic mass is 9.97. The second-order valence-electron chi connectivity index (χ2n) is 5.38. The molecule has 0 saturated carbocycles. The molecule has 0 fully saturated rings. The average Bonchev–Trinajstić information content (AvgIpc) is 2.76. The lowest BCUT2D eigenvalue weighted by Gasteiger charge is -2.26. The number of fused-ring (bicyclic) bond motifs is 1. The van der Waals surface area contributed by atoms with Crippen LogP contribution in [0, 0.1) is 13.8 Å². The molecule has 1 aromatic heterocycles. The molecule has 6 heteroatoms. The van der Waals surface area contributed by atoms with Crippen molar-refractivity contribution in [1.29, 1.82) is 0 Å². The first kappa shape index (κ1) is 14.7. The third kappa shape index (κ3) is 3.01. The van der Waals surface area contributed by atoms with Gasteiger partial charge in [0.1, 0.15) is 0 Å². The van der Waals surface area contributed by atoms with Crippen LogP contribution in [0.2, 0.25) is 0 Å². The Hall–Kier alpha value is -2.21. The number of carbonyl (C=O) groups is 2. The highest BCUT2D eigenvalue weighted by Crippen LogP contribution is 2.30. The Balaban J connectivity index is 1.74. The van der Waals surface area contributed by atoms with Crippen molar-refractivity contribution in [2.45, 2.75) is 32.7 Å². The van der Waals surface area contributed by atoms with Gasteiger partial charge in [0.15, 0.2) is 0 Å². The molecule has 22 heavy (non-hydrogen) atoms. The highest BCUT2D eigenvalue weighted by atomic mass is 32.1. The van der Waals surface area contributed by atoms with E-state index in [1.165, 1.54) is 11.3 Å². The van der Waals surface area contributed by atoms with Gasteiger partial charge in [0.25, 0.3) is 0 Å². The van der Waals surface area contributed by atoms with E-state index in [0.717, 1.165) is 26.8 Å². The monoisotopic (exact) mass is 315 g/mol. The SMILES string of the molecule is Cc1nc(C)c(CC(=O)NC2CC(=O)Nc3ccccc32)s1. The van der Waals surface area contributed by atoms with Crippen molar-refractivity contribution in [1.82, 2.24) is 10.3 Å². The molecule has 1 unspecified atom stereocenters. The smallest absolute Gasteiger partial charge is 0.226 e. The fraction of sp³-hybridized carbons (Fsp3) is 0.312. The summed E-state index contributed by atoms with van der Waals surface area (Å²) in [5.74, 6) is -0.157. The van der Waals surface area contributed by atoms with Gasteiger partial charge in [-0.25, -0.2) is 4.98 Å². The maximum absolute atomic E-state index is 12.3. The number of rotatable bonds is 3. The largest absolute Gasteiger partial charge is 0.348 e. The zero-order valence-corrected chi connectivity index (χ0v) is 13.3. The maximum Gasteiger partial charge on any atom is 0.226 e. The molecule has 0 radical (unpaired) electrons. The number of hydrogen-bond acceptors (Lipinski definition) is 4. The van der Waals surface area contributed by atoms with Gasteiger partial charge >= 0.3 is 0 Å². The first-order chi connectivity index (χ1) is 10.5. The summed E-state index contributed by atoms with van der Waals surface area (Å²) in [6.45, 7) is 3.84. The predicted molar refractivity (Wildman–Crippen MR) is 85.9 cm³/mol. The van der Waals surface area contributed by atoms with E-state index in [0.29, 0.717) is 6.42 Å². The molecule has 3 rings (SSSR count). The Morgan fingerprint density at radius 3 is 2.91 bits per heavy atom. The van der Waals surface area contributed by atoms with Crippen LogP contribution in [-0.4, -0.2) is 16.8 Å². The minimum Gasteiger partial charge on any atom is -0.348 e. The van der Waals surface area contributed by atoms with Crippen LogP contribution >= 0.6 is 11.3 Å². The number of aryl methyl sites for hydroxylation is 2. The summed E-state index contributed by atoms with van der Waals surface area (Å²) >= 11 is 1.54. The van der Waals surface area contributed by atoms with Crippen molar-refractivity contribution in [3.63, 3.8) is 0 Å². The van der Waals surface area contributed by atoms with E-state index in [2.05, 4.69) is 15.6 Å². The normalized spacial score (nSPS) is 16.8. The molecule has 2 N–H and O–H groups in total. The average molecular weight is 315 g/mol. The van der Waals surface area contributed by atoms with Gasteiger partial charge in [0.05, 0.1) is 29.6 Å². The first-order valence-corrected chi connectivity index (χ1v) is 7.95. The molecule has 5 nitrogen and oxygen atoms in total. The summed E-state index contributed by atoms with van der Waals surface area (Å²) in [7, 11) is 0. The van der Waals surface area contributed by atoms with Gasteiger partial charge in [-0.05, 0) is 25.5 Å². The molecular weight excluding hydrogens is 298 g/mol. The summed E-state index contributed by atoms with van der Waals surface area (Å²) in [6, 6.07) is 7.29. The number of benzene rings is 1. The molecule has 1 aromatic carbocycles. The number of carbonyl (C=O) groups excluding carboxylic acids is 2. The Bertz CT molecular complexity index is 739. The zero-order chi connectivity index (χ0) is 15.7. The number of amides is 2. The van der Waals surface area contributed by atoms with E-state index < -0.39 is 0 Å². The van der Waals surface area contributed by atoms with Gasteiger partial charge in [-0.2, -0.15) is 0 Å². The quantitative estimate of drug-likeness (QED) is 0.914. The van der Waals surface area contributed by atoms with E-state index in [9.17, 15) is 9.59 Å². The molecule has 114 valence electrons. The predicted octanol–water partition coefficient (Wildman–Crippen LogP) is 2.50. The topological polar surface area (TPSA) is 71.1 Å². The lowest BCUT2D eigenvalue weighted by Crippen LogP contribution is -2.35. The second-order valence-corrected chi connectivity index (χ2v) is 6.67. The lowest BCUT2D eigenvalue weighted by molar-refractivity contribution is -0.122. The molecule has 2 amide bonds. The van der Waals surface area contributed by atoms with Crippen LogP contribution in [0.4, 0.5) is 5.69 Å². The van der Waals surface area contributed by atoms with E-state index in [4.69, 9.17) is 0 Å². The minimum absolute atomic E-state index is 0.0752. The Kier molecular flexibility index (Phi) is 3.94. The van der Waals surface area contributed by atoms with E-state index in [-0.39, 0.29) is 24.3 Å². The molecule has 0 spiro atoms. The highest BCUT2D eigenvalue weighted by Gasteiger charge is 2.26. The number of anilines is 1. The zero-order valence-electron chi connectivity index (χ0n) is 12.5. The number of nitrogens with one attached hydrogen (secondary N) is 2. The summed E-state index contributed by atoms with van der Waals surface area (Å²) in [6.07, 6.45) is 0.571. The van der Waals surface area contributed by atoms with Gasteiger partial charge in [0.2, 0.25) is 11.8 Å².